The van der Waals surface area contributed by atoms with Crippen LogP contribution in [0.1, 0.15) is 20.3 Å². The highest BCUT2D eigenvalue weighted by atomic mass is 16.6. The van der Waals surface area contributed by atoms with E-state index in [1.54, 1.807) is 13.8 Å². The zero-order valence-corrected chi connectivity index (χ0v) is 7.07. The van der Waals surface area contributed by atoms with Crippen molar-refractivity contribution in [2.45, 2.75) is 32.7 Å². The maximum Gasteiger partial charge on any atom is 0.261 e. The molecule has 2 N–H and O–H groups in total. The molecule has 12 heavy (non-hydrogen) atoms. The summed E-state index contributed by atoms with van der Waals surface area (Å²) in [6.45, 7) is 3.18. The lowest BCUT2D eigenvalue weighted by Gasteiger charge is -2.07. The number of hydrogen-bond acceptors (Lipinski definition) is 4. The molecule has 0 aliphatic carbocycles. The standard InChI is InChI=1S/C8H12O4/c1-4(9)3-6-5(2)7(10)8(11)12-6/h4,8-9,11H,3H2,1-2H3/t4-,8-/m1/s1. The summed E-state index contributed by atoms with van der Waals surface area (Å²) in [6.07, 6.45) is -1.65. The van der Waals surface area contributed by atoms with Gasteiger partial charge in [0, 0.05) is 12.0 Å². The zero-order chi connectivity index (χ0) is 9.30. The Morgan fingerprint density at radius 1 is 1.67 bits per heavy atom. The van der Waals surface area contributed by atoms with Gasteiger partial charge in [0.2, 0.25) is 5.78 Å². The van der Waals surface area contributed by atoms with Gasteiger partial charge >= 0.3 is 0 Å². The normalized spacial score (nSPS) is 26.0. The van der Waals surface area contributed by atoms with Crippen molar-refractivity contribution in [2.24, 2.45) is 0 Å². The molecule has 1 aliphatic rings. The second-order valence-corrected chi connectivity index (χ2v) is 2.94. The fraction of sp³-hybridized carbons (Fsp3) is 0.625. The fourth-order valence-corrected chi connectivity index (χ4v) is 1.07. The van der Waals surface area contributed by atoms with Crippen molar-refractivity contribution in [1.29, 1.82) is 0 Å². The second kappa shape index (κ2) is 3.25. The molecule has 0 radical (unpaired) electrons. The smallest absolute Gasteiger partial charge is 0.261 e. The van der Waals surface area contributed by atoms with Crippen LogP contribution in [0.5, 0.6) is 0 Å². The van der Waals surface area contributed by atoms with Crippen LogP contribution in [-0.2, 0) is 9.53 Å². The molecule has 1 rings (SSSR count). The van der Waals surface area contributed by atoms with Gasteiger partial charge in [-0.25, -0.2) is 0 Å². The molecule has 1 aliphatic heterocycles. The summed E-state index contributed by atoms with van der Waals surface area (Å²) in [5.74, 6) is -0.0202. The van der Waals surface area contributed by atoms with Crippen molar-refractivity contribution in [3.05, 3.63) is 11.3 Å². The summed E-state index contributed by atoms with van der Waals surface area (Å²) in [5, 5.41) is 18.0. The van der Waals surface area contributed by atoms with E-state index in [1.807, 2.05) is 0 Å². The van der Waals surface area contributed by atoms with Crippen LogP contribution < -0.4 is 0 Å². The van der Waals surface area contributed by atoms with Crippen LogP contribution in [0.15, 0.2) is 11.3 Å². The third kappa shape index (κ3) is 1.65. The Morgan fingerprint density at radius 3 is 2.58 bits per heavy atom. The van der Waals surface area contributed by atoms with Gasteiger partial charge < -0.3 is 14.9 Å². The molecule has 0 fully saturated rings. The molecule has 0 amide bonds. The van der Waals surface area contributed by atoms with Gasteiger partial charge in [-0.2, -0.15) is 0 Å². The number of aliphatic hydroxyl groups is 2. The molecular weight excluding hydrogens is 160 g/mol. The molecule has 0 bridgehead atoms. The molecule has 0 aromatic carbocycles. The van der Waals surface area contributed by atoms with Crippen LogP contribution in [-0.4, -0.2) is 28.4 Å². The summed E-state index contributed by atoms with van der Waals surface area (Å²) in [7, 11) is 0. The highest BCUT2D eigenvalue weighted by molar-refractivity contribution is 5.99. The quantitative estimate of drug-likeness (QED) is 0.612. The molecule has 2 atom stereocenters. The summed E-state index contributed by atoms with van der Waals surface area (Å²) >= 11 is 0. The molecule has 0 aromatic rings. The molecule has 0 saturated heterocycles. The Balaban J connectivity index is 2.71. The van der Waals surface area contributed by atoms with Crippen molar-refractivity contribution >= 4 is 5.78 Å². The Morgan fingerprint density at radius 2 is 2.25 bits per heavy atom. The first kappa shape index (κ1) is 9.22. The third-order valence-corrected chi connectivity index (χ3v) is 1.75. The van der Waals surface area contributed by atoms with Gasteiger partial charge in [-0.3, -0.25) is 4.79 Å². The largest absolute Gasteiger partial charge is 0.461 e. The van der Waals surface area contributed by atoms with Crippen LogP contribution in [0.2, 0.25) is 0 Å². The number of carbonyl (C=O) groups is 1. The minimum atomic E-state index is -1.36. The lowest BCUT2D eigenvalue weighted by molar-refractivity contribution is -0.138. The lowest BCUT2D eigenvalue weighted by Crippen LogP contribution is -2.16. The van der Waals surface area contributed by atoms with Gasteiger partial charge in [0.25, 0.3) is 6.29 Å². The van der Waals surface area contributed by atoms with Gasteiger partial charge in [-0.1, -0.05) is 0 Å². The van der Waals surface area contributed by atoms with Gasteiger partial charge in [0.15, 0.2) is 0 Å². The first-order valence-electron chi connectivity index (χ1n) is 3.79. The average molecular weight is 172 g/mol. The van der Waals surface area contributed by atoms with E-state index >= 15 is 0 Å². The minimum absolute atomic E-state index is 0.272. The number of hydrogen-bond donors (Lipinski definition) is 2. The third-order valence-electron chi connectivity index (χ3n) is 1.75. The van der Waals surface area contributed by atoms with E-state index in [1.165, 1.54) is 0 Å². The summed E-state index contributed by atoms with van der Waals surface area (Å²) in [6, 6.07) is 0. The fourth-order valence-electron chi connectivity index (χ4n) is 1.07. The molecule has 1 heterocycles. The van der Waals surface area contributed by atoms with E-state index in [0.717, 1.165) is 0 Å². The number of ether oxygens (including phenoxy) is 1. The summed E-state index contributed by atoms with van der Waals surface area (Å²) in [4.78, 5) is 11.0. The highest BCUT2D eigenvalue weighted by Crippen LogP contribution is 2.23. The van der Waals surface area contributed by atoms with Crippen LogP contribution in [0.3, 0.4) is 0 Å². The monoisotopic (exact) mass is 172 g/mol. The van der Waals surface area contributed by atoms with Gasteiger partial charge in [-0.05, 0) is 13.8 Å². The summed E-state index contributed by atoms with van der Waals surface area (Å²) < 4.78 is 4.82. The number of rotatable bonds is 2. The highest BCUT2D eigenvalue weighted by Gasteiger charge is 2.30. The van der Waals surface area contributed by atoms with Crippen molar-refractivity contribution in [1.82, 2.24) is 0 Å². The first-order valence-corrected chi connectivity index (χ1v) is 3.79. The topological polar surface area (TPSA) is 66.8 Å². The number of ketones is 1. The predicted molar refractivity (Wildman–Crippen MR) is 41.1 cm³/mol. The Hall–Kier alpha value is -0.870. The minimum Gasteiger partial charge on any atom is -0.461 e. The Bertz CT molecular complexity index is 229. The van der Waals surface area contributed by atoms with E-state index in [0.29, 0.717) is 11.3 Å². The number of aliphatic hydroxyl groups excluding tert-OH is 2. The number of carbonyl (C=O) groups excluding carboxylic acids is 1. The van der Waals surface area contributed by atoms with E-state index in [9.17, 15) is 4.79 Å². The van der Waals surface area contributed by atoms with Crippen molar-refractivity contribution in [3.8, 4) is 0 Å². The molecule has 0 saturated carbocycles. The van der Waals surface area contributed by atoms with E-state index < -0.39 is 18.2 Å². The molecule has 0 unspecified atom stereocenters. The lowest BCUT2D eigenvalue weighted by atomic mass is 10.1. The van der Waals surface area contributed by atoms with Crippen molar-refractivity contribution < 1.29 is 19.7 Å². The molecular formula is C8H12O4. The van der Waals surface area contributed by atoms with Crippen molar-refractivity contribution in [2.75, 3.05) is 0 Å². The van der Waals surface area contributed by atoms with Crippen LogP contribution in [0.25, 0.3) is 0 Å². The molecule has 68 valence electrons. The molecule has 4 nitrogen and oxygen atoms in total. The average Bonchev–Trinajstić information content (AvgIpc) is 2.17. The Kier molecular flexibility index (Phi) is 2.49. The molecule has 4 heteroatoms. The maximum atomic E-state index is 11.0. The Labute approximate surface area is 70.5 Å². The van der Waals surface area contributed by atoms with Crippen LogP contribution in [0.4, 0.5) is 0 Å². The van der Waals surface area contributed by atoms with E-state index in [2.05, 4.69) is 0 Å². The zero-order valence-electron chi connectivity index (χ0n) is 7.07. The van der Waals surface area contributed by atoms with Gasteiger partial charge in [0.1, 0.15) is 5.76 Å². The first-order chi connectivity index (χ1) is 5.52. The number of Topliss-reactive ketones (excluding diaryl/α,β-unsaturated/α-hetero) is 1. The molecule has 0 aromatic heterocycles. The van der Waals surface area contributed by atoms with Gasteiger partial charge in [-0.15, -0.1) is 0 Å². The van der Waals surface area contributed by atoms with Crippen molar-refractivity contribution in [3.63, 3.8) is 0 Å². The van der Waals surface area contributed by atoms with Crippen LogP contribution >= 0.6 is 0 Å². The SMILES string of the molecule is CC1=C(C[C@@H](C)O)O[C@@H](O)C1=O. The van der Waals surface area contributed by atoms with Crippen LogP contribution in [0, 0.1) is 0 Å². The van der Waals surface area contributed by atoms with E-state index in [4.69, 9.17) is 14.9 Å². The maximum absolute atomic E-state index is 11.0. The second-order valence-electron chi connectivity index (χ2n) is 2.94. The predicted octanol–water partition coefficient (Wildman–Crippen LogP) is -0.0510. The van der Waals surface area contributed by atoms with Gasteiger partial charge in [0.05, 0.1) is 6.10 Å². The molecule has 0 spiro atoms. The summed E-state index contributed by atoms with van der Waals surface area (Å²) in [5.41, 5.74) is 0.406. The van der Waals surface area contributed by atoms with E-state index in [-0.39, 0.29) is 6.42 Å².